The number of hydrogen-bond donors (Lipinski definition) is 1. The van der Waals surface area contributed by atoms with Crippen LogP contribution in [0.25, 0.3) is 22.9 Å². The number of carbonyl (C=O) groups is 2. The first-order chi connectivity index (χ1) is 18.8. The third-order valence-corrected chi connectivity index (χ3v) is 6.32. The van der Waals surface area contributed by atoms with E-state index < -0.39 is 0 Å². The molecule has 0 saturated carbocycles. The number of hydrogen-bond acceptors (Lipinski definition) is 7. The number of aromatic nitrogens is 2. The van der Waals surface area contributed by atoms with Crippen molar-refractivity contribution < 1.29 is 23.1 Å². The van der Waals surface area contributed by atoms with Gasteiger partial charge in [-0.15, -0.1) is 10.2 Å². The zero-order valence-corrected chi connectivity index (χ0v) is 22.3. The van der Waals surface area contributed by atoms with Gasteiger partial charge in [0.2, 0.25) is 11.8 Å². The summed E-state index contributed by atoms with van der Waals surface area (Å²) in [6, 6.07) is 21.3. The zero-order chi connectivity index (χ0) is 27.8. The molecule has 202 valence electrons. The minimum absolute atomic E-state index is 0.0131. The predicted molar refractivity (Wildman–Crippen MR) is 148 cm³/mol. The number of carbonyl (C=O) groups excluding carboxylic acids is 2. The number of esters is 1. The van der Waals surface area contributed by atoms with Crippen molar-refractivity contribution in [2.45, 2.75) is 46.1 Å². The van der Waals surface area contributed by atoms with E-state index in [1.807, 2.05) is 48.5 Å². The summed E-state index contributed by atoms with van der Waals surface area (Å²) >= 11 is 0. The van der Waals surface area contributed by atoms with Crippen molar-refractivity contribution in [3.63, 3.8) is 0 Å². The number of ether oxygens (including phenoxy) is 1. The Hall–Kier alpha value is -4.33. The Bertz CT molecular complexity index is 1380. The smallest absolute Gasteiger partial charge is 0.305 e. The van der Waals surface area contributed by atoms with Crippen molar-refractivity contribution in [3.8, 4) is 22.9 Å². The normalized spacial score (nSPS) is 11.8. The summed E-state index contributed by atoms with van der Waals surface area (Å²) in [4.78, 5) is 24.0. The van der Waals surface area contributed by atoms with Gasteiger partial charge in [0.1, 0.15) is 5.82 Å². The van der Waals surface area contributed by atoms with Crippen LogP contribution in [-0.4, -0.2) is 28.6 Å². The van der Waals surface area contributed by atoms with Gasteiger partial charge in [0.05, 0.1) is 12.6 Å². The Labute approximate surface area is 227 Å². The van der Waals surface area contributed by atoms with Gasteiger partial charge in [-0.3, -0.25) is 9.59 Å². The molecular weight excluding hydrogens is 497 g/mol. The van der Waals surface area contributed by atoms with E-state index in [2.05, 4.69) is 29.4 Å². The Balaban J connectivity index is 1.38. The largest absolute Gasteiger partial charge is 0.466 e. The molecular formula is C31H32FN3O4. The van der Waals surface area contributed by atoms with E-state index in [0.717, 1.165) is 16.8 Å². The summed E-state index contributed by atoms with van der Waals surface area (Å²) in [6.07, 6.45) is 1.03. The molecule has 0 aliphatic rings. The number of anilines is 1. The van der Waals surface area contributed by atoms with E-state index in [4.69, 9.17) is 9.15 Å². The molecule has 1 N–H and O–H groups in total. The van der Waals surface area contributed by atoms with Gasteiger partial charge in [0.25, 0.3) is 0 Å². The standard InChI is InChI=1S/C31H32FN3O4/c1-4-38-28(37)7-5-6-27(36)21-8-10-22(11-9-21)29(20(2)3)33-26-18-14-24(15-19-26)31-35-34-30(39-31)23-12-16-25(32)17-13-23/h8-20,29,33H,4-7H2,1-3H3. The molecule has 3 aromatic carbocycles. The maximum absolute atomic E-state index is 13.2. The maximum atomic E-state index is 13.2. The Morgan fingerprint density at radius 3 is 2.03 bits per heavy atom. The molecule has 1 atom stereocenters. The first-order valence-corrected chi connectivity index (χ1v) is 13.1. The number of benzene rings is 3. The summed E-state index contributed by atoms with van der Waals surface area (Å²) in [5, 5.41) is 11.8. The highest BCUT2D eigenvalue weighted by atomic mass is 19.1. The molecule has 0 fully saturated rings. The third-order valence-electron chi connectivity index (χ3n) is 6.32. The van der Waals surface area contributed by atoms with Crippen LogP contribution in [-0.2, 0) is 9.53 Å². The predicted octanol–water partition coefficient (Wildman–Crippen LogP) is 7.27. The Morgan fingerprint density at radius 1 is 0.872 bits per heavy atom. The van der Waals surface area contributed by atoms with Gasteiger partial charge in [0.15, 0.2) is 5.78 Å². The quantitative estimate of drug-likeness (QED) is 0.152. The van der Waals surface area contributed by atoms with Gasteiger partial charge in [0, 0.05) is 35.2 Å². The molecule has 1 unspecified atom stereocenters. The summed E-state index contributed by atoms with van der Waals surface area (Å²) in [6.45, 7) is 6.38. The minimum Gasteiger partial charge on any atom is -0.466 e. The van der Waals surface area contributed by atoms with E-state index in [0.29, 0.717) is 42.4 Å². The molecule has 0 aliphatic carbocycles. The number of rotatable bonds is 12. The molecule has 4 aromatic rings. The van der Waals surface area contributed by atoms with Crippen LogP contribution in [0, 0.1) is 11.7 Å². The fourth-order valence-electron chi connectivity index (χ4n) is 4.22. The molecule has 8 heteroatoms. The summed E-state index contributed by atoms with van der Waals surface area (Å²) in [5.41, 5.74) is 4.05. The van der Waals surface area contributed by atoms with Crippen LogP contribution in [0.1, 0.15) is 62.0 Å². The van der Waals surface area contributed by atoms with Crippen LogP contribution in [0.3, 0.4) is 0 Å². The lowest BCUT2D eigenvalue weighted by Crippen LogP contribution is -2.17. The number of ketones is 1. The van der Waals surface area contributed by atoms with Crippen molar-refractivity contribution in [1.29, 1.82) is 0 Å². The summed E-state index contributed by atoms with van der Waals surface area (Å²) < 4.78 is 23.9. The van der Waals surface area contributed by atoms with Crippen LogP contribution in [0.5, 0.6) is 0 Å². The molecule has 0 radical (unpaired) electrons. The van der Waals surface area contributed by atoms with E-state index >= 15 is 0 Å². The molecule has 39 heavy (non-hydrogen) atoms. The number of Topliss-reactive ketones (excluding diaryl/α,β-unsaturated/α-hetero) is 1. The molecule has 0 aliphatic heterocycles. The van der Waals surface area contributed by atoms with Crippen molar-refractivity contribution >= 4 is 17.4 Å². The SMILES string of the molecule is CCOC(=O)CCCC(=O)c1ccc(C(Nc2ccc(-c3nnc(-c4ccc(F)cc4)o3)cc2)C(C)C)cc1. The number of nitrogens with one attached hydrogen (secondary N) is 1. The Morgan fingerprint density at radius 2 is 1.46 bits per heavy atom. The fraction of sp³-hybridized carbons (Fsp3) is 0.290. The second kappa shape index (κ2) is 13.0. The first-order valence-electron chi connectivity index (χ1n) is 13.1. The van der Waals surface area contributed by atoms with Crippen molar-refractivity contribution in [2.24, 2.45) is 5.92 Å². The second-order valence-electron chi connectivity index (χ2n) is 9.57. The van der Waals surface area contributed by atoms with Crippen LogP contribution in [0.15, 0.2) is 77.2 Å². The van der Waals surface area contributed by atoms with Gasteiger partial charge in [-0.1, -0.05) is 38.1 Å². The van der Waals surface area contributed by atoms with Gasteiger partial charge < -0.3 is 14.5 Å². The average molecular weight is 530 g/mol. The molecule has 0 saturated heterocycles. The molecule has 0 bridgehead atoms. The highest BCUT2D eigenvalue weighted by Crippen LogP contribution is 2.29. The van der Waals surface area contributed by atoms with Crippen LogP contribution >= 0.6 is 0 Å². The topological polar surface area (TPSA) is 94.3 Å². The van der Waals surface area contributed by atoms with Crippen molar-refractivity contribution in [1.82, 2.24) is 10.2 Å². The summed E-state index contributed by atoms with van der Waals surface area (Å²) in [5.74, 6) is 0.404. The van der Waals surface area contributed by atoms with E-state index in [-0.39, 0.29) is 36.0 Å². The van der Waals surface area contributed by atoms with Crippen LogP contribution < -0.4 is 5.32 Å². The monoisotopic (exact) mass is 529 g/mol. The number of nitrogens with zero attached hydrogens (tertiary/aromatic N) is 2. The van der Waals surface area contributed by atoms with Crippen molar-refractivity contribution in [3.05, 3.63) is 89.7 Å². The average Bonchev–Trinajstić information content (AvgIpc) is 3.43. The minimum atomic E-state index is -0.325. The molecule has 0 spiro atoms. The third kappa shape index (κ3) is 7.37. The van der Waals surface area contributed by atoms with E-state index in [1.54, 1.807) is 19.1 Å². The molecule has 1 aromatic heterocycles. The highest BCUT2D eigenvalue weighted by Gasteiger charge is 2.17. The first kappa shape index (κ1) is 27.7. The van der Waals surface area contributed by atoms with E-state index in [9.17, 15) is 14.0 Å². The molecule has 4 rings (SSSR count). The zero-order valence-electron chi connectivity index (χ0n) is 22.3. The molecule has 1 heterocycles. The van der Waals surface area contributed by atoms with Gasteiger partial charge in [-0.25, -0.2) is 4.39 Å². The van der Waals surface area contributed by atoms with Gasteiger partial charge >= 0.3 is 5.97 Å². The lowest BCUT2D eigenvalue weighted by molar-refractivity contribution is -0.143. The lowest BCUT2D eigenvalue weighted by atomic mass is 9.94. The van der Waals surface area contributed by atoms with Gasteiger partial charge in [-0.05, 0) is 73.4 Å². The van der Waals surface area contributed by atoms with E-state index in [1.165, 1.54) is 12.1 Å². The molecule has 7 nitrogen and oxygen atoms in total. The maximum Gasteiger partial charge on any atom is 0.305 e. The van der Waals surface area contributed by atoms with Crippen LogP contribution in [0.2, 0.25) is 0 Å². The van der Waals surface area contributed by atoms with Crippen molar-refractivity contribution in [2.75, 3.05) is 11.9 Å². The molecule has 0 amide bonds. The van der Waals surface area contributed by atoms with Gasteiger partial charge in [-0.2, -0.15) is 0 Å². The van der Waals surface area contributed by atoms with Crippen LogP contribution in [0.4, 0.5) is 10.1 Å². The number of halogens is 1. The second-order valence-corrected chi connectivity index (χ2v) is 9.57. The lowest BCUT2D eigenvalue weighted by Gasteiger charge is -2.24. The summed E-state index contributed by atoms with van der Waals surface area (Å²) in [7, 11) is 0. The fourth-order valence-corrected chi connectivity index (χ4v) is 4.22. The Kier molecular flexibility index (Phi) is 9.20. The highest BCUT2D eigenvalue weighted by molar-refractivity contribution is 5.96.